The second-order valence-corrected chi connectivity index (χ2v) is 7.71. The summed E-state index contributed by atoms with van der Waals surface area (Å²) in [6, 6.07) is 0.409. The SMILES string of the molecule is CCOC(=O)C[C@@]1(C(C)(C)C)CC[C@@H](NC(C)C)CN1C(=O)O. The Hall–Kier alpha value is -1.30. The molecule has 1 fully saturated rings. The average Bonchev–Trinajstić information content (AvgIpc) is 2.38. The lowest BCUT2D eigenvalue weighted by Gasteiger charge is -2.55. The van der Waals surface area contributed by atoms with Gasteiger partial charge in [0.1, 0.15) is 0 Å². The molecule has 23 heavy (non-hydrogen) atoms. The van der Waals surface area contributed by atoms with Gasteiger partial charge in [-0.1, -0.05) is 34.6 Å². The Kier molecular flexibility index (Phi) is 6.45. The number of carboxylic acid groups (broad SMARTS) is 1. The molecule has 6 heteroatoms. The molecule has 1 aliphatic rings. The zero-order valence-corrected chi connectivity index (χ0v) is 15.3. The minimum atomic E-state index is -0.973. The first-order chi connectivity index (χ1) is 10.5. The van der Waals surface area contributed by atoms with Gasteiger partial charge in [-0.15, -0.1) is 0 Å². The summed E-state index contributed by atoms with van der Waals surface area (Å²) in [7, 11) is 0. The summed E-state index contributed by atoms with van der Waals surface area (Å²) in [4.78, 5) is 25.5. The standard InChI is InChI=1S/C17H32N2O4/c1-7-23-14(20)10-17(16(4,5)6)9-8-13(18-12(2)3)11-19(17)15(21)22/h12-13,18H,7-11H2,1-6H3,(H,21,22)/t13-,17-/m1/s1. The van der Waals surface area contributed by atoms with Gasteiger partial charge in [0.05, 0.1) is 18.6 Å². The number of carbonyl (C=O) groups is 2. The first-order valence-electron chi connectivity index (χ1n) is 8.45. The van der Waals surface area contributed by atoms with E-state index >= 15 is 0 Å². The third kappa shape index (κ3) is 4.59. The molecule has 134 valence electrons. The van der Waals surface area contributed by atoms with Crippen molar-refractivity contribution in [3.05, 3.63) is 0 Å². The van der Waals surface area contributed by atoms with E-state index in [0.29, 0.717) is 25.6 Å². The summed E-state index contributed by atoms with van der Waals surface area (Å²) in [6.45, 7) is 12.6. The molecule has 6 nitrogen and oxygen atoms in total. The van der Waals surface area contributed by atoms with Gasteiger partial charge in [-0.05, 0) is 25.2 Å². The molecule has 0 saturated carbocycles. The summed E-state index contributed by atoms with van der Waals surface area (Å²) >= 11 is 0. The van der Waals surface area contributed by atoms with Crippen molar-refractivity contribution < 1.29 is 19.4 Å². The molecule has 0 bridgehead atoms. The molecule has 2 N–H and O–H groups in total. The van der Waals surface area contributed by atoms with Crippen molar-refractivity contribution in [3.8, 4) is 0 Å². The molecule has 0 aromatic carbocycles. The number of carbonyl (C=O) groups excluding carboxylic acids is 1. The molecular weight excluding hydrogens is 296 g/mol. The fourth-order valence-corrected chi connectivity index (χ4v) is 3.58. The molecule has 0 radical (unpaired) electrons. The number of hydrogen-bond acceptors (Lipinski definition) is 4. The predicted octanol–water partition coefficient (Wildman–Crippen LogP) is 2.86. The van der Waals surface area contributed by atoms with Gasteiger partial charge in [0.2, 0.25) is 0 Å². The fourth-order valence-electron chi connectivity index (χ4n) is 3.58. The van der Waals surface area contributed by atoms with E-state index in [-0.39, 0.29) is 23.8 Å². The number of ether oxygens (including phenoxy) is 1. The fraction of sp³-hybridized carbons (Fsp3) is 0.882. The van der Waals surface area contributed by atoms with E-state index in [0.717, 1.165) is 6.42 Å². The highest BCUT2D eigenvalue weighted by Gasteiger charge is 2.53. The Morgan fingerprint density at radius 3 is 2.43 bits per heavy atom. The lowest BCUT2D eigenvalue weighted by molar-refractivity contribution is -0.150. The lowest BCUT2D eigenvalue weighted by Crippen LogP contribution is -2.66. The van der Waals surface area contributed by atoms with Crippen molar-refractivity contribution in [2.24, 2.45) is 5.41 Å². The second kappa shape index (κ2) is 7.51. The first kappa shape index (κ1) is 19.7. The summed E-state index contributed by atoms with van der Waals surface area (Å²) in [5.41, 5.74) is -1.10. The van der Waals surface area contributed by atoms with Crippen LogP contribution < -0.4 is 5.32 Å². The number of likely N-dealkylation sites (tertiary alicyclic amines) is 1. The van der Waals surface area contributed by atoms with E-state index in [1.165, 1.54) is 4.90 Å². The van der Waals surface area contributed by atoms with Gasteiger partial charge in [0.25, 0.3) is 0 Å². The number of esters is 1. The van der Waals surface area contributed by atoms with Crippen molar-refractivity contribution in [2.45, 2.75) is 78.4 Å². The Labute approximate surface area is 139 Å². The van der Waals surface area contributed by atoms with Crippen LogP contribution in [-0.2, 0) is 9.53 Å². The van der Waals surface area contributed by atoms with Crippen LogP contribution in [0.2, 0.25) is 0 Å². The topological polar surface area (TPSA) is 78.9 Å². The smallest absolute Gasteiger partial charge is 0.407 e. The third-order valence-electron chi connectivity index (χ3n) is 4.76. The van der Waals surface area contributed by atoms with Crippen molar-refractivity contribution in [1.82, 2.24) is 10.2 Å². The van der Waals surface area contributed by atoms with Crippen LogP contribution in [0.3, 0.4) is 0 Å². The number of piperidine rings is 1. The Morgan fingerprint density at radius 2 is 2.00 bits per heavy atom. The van der Waals surface area contributed by atoms with Gasteiger partial charge in [-0.2, -0.15) is 0 Å². The van der Waals surface area contributed by atoms with Crippen LogP contribution in [-0.4, -0.2) is 52.8 Å². The highest BCUT2D eigenvalue weighted by atomic mass is 16.5. The van der Waals surface area contributed by atoms with E-state index in [1.54, 1.807) is 6.92 Å². The van der Waals surface area contributed by atoms with E-state index in [1.807, 2.05) is 20.8 Å². The zero-order chi connectivity index (χ0) is 17.8. The van der Waals surface area contributed by atoms with Crippen LogP contribution in [0.25, 0.3) is 0 Å². The maximum atomic E-state index is 12.1. The molecular formula is C17H32N2O4. The monoisotopic (exact) mass is 328 g/mol. The Balaban J connectivity index is 3.11. The lowest BCUT2D eigenvalue weighted by atomic mass is 9.65. The molecule has 1 heterocycles. The van der Waals surface area contributed by atoms with Gasteiger partial charge in [0, 0.05) is 18.6 Å². The number of hydrogen-bond donors (Lipinski definition) is 2. The molecule has 1 saturated heterocycles. The largest absolute Gasteiger partial charge is 0.466 e. The van der Waals surface area contributed by atoms with Crippen LogP contribution in [0.5, 0.6) is 0 Å². The minimum absolute atomic E-state index is 0.102. The van der Waals surface area contributed by atoms with Gasteiger partial charge in [-0.25, -0.2) is 4.79 Å². The Morgan fingerprint density at radius 1 is 1.39 bits per heavy atom. The van der Waals surface area contributed by atoms with Crippen molar-refractivity contribution >= 4 is 12.1 Å². The van der Waals surface area contributed by atoms with Gasteiger partial charge < -0.3 is 20.1 Å². The average molecular weight is 328 g/mol. The predicted molar refractivity (Wildman–Crippen MR) is 89.5 cm³/mol. The maximum Gasteiger partial charge on any atom is 0.407 e. The van der Waals surface area contributed by atoms with E-state index in [2.05, 4.69) is 19.2 Å². The molecule has 1 aliphatic heterocycles. The molecule has 0 aromatic heterocycles. The van der Waals surface area contributed by atoms with E-state index in [9.17, 15) is 14.7 Å². The molecule has 0 aromatic rings. The number of nitrogens with zero attached hydrogens (tertiary/aromatic N) is 1. The summed E-state index contributed by atoms with van der Waals surface area (Å²) in [5, 5.41) is 13.2. The van der Waals surface area contributed by atoms with Crippen molar-refractivity contribution in [3.63, 3.8) is 0 Å². The van der Waals surface area contributed by atoms with E-state index in [4.69, 9.17) is 4.74 Å². The summed E-state index contributed by atoms with van der Waals surface area (Å²) in [5.74, 6) is -0.330. The molecule has 0 spiro atoms. The van der Waals surface area contributed by atoms with Gasteiger partial charge in [0.15, 0.2) is 0 Å². The highest BCUT2D eigenvalue weighted by Crippen LogP contribution is 2.45. The molecule has 2 atom stereocenters. The minimum Gasteiger partial charge on any atom is -0.466 e. The third-order valence-corrected chi connectivity index (χ3v) is 4.76. The van der Waals surface area contributed by atoms with Gasteiger partial charge in [-0.3, -0.25) is 4.79 Å². The van der Waals surface area contributed by atoms with E-state index < -0.39 is 11.6 Å². The maximum absolute atomic E-state index is 12.1. The molecule has 0 unspecified atom stereocenters. The van der Waals surface area contributed by atoms with Crippen LogP contribution >= 0.6 is 0 Å². The van der Waals surface area contributed by atoms with Crippen LogP contribution in [0, 0.1) is 5.41 Å². The van der Waals surface area contributed by atoms with Gasteiger partial charge >= 0.3 is 12.1 Å². The van der Waals surface area contributed by atoms with Crippen LogP contribution in [0.4, 0.5) is 4.79 Å². The zero-order valence-electron chi connectivity index (χ0n) is 15.3. The quantitative estimate of drug-likeness (QED) is 0.759. The van der Waals surface area contributed by atoms with Crippen LogP contribution in [0.15, 0.2) is 0 Å². The van der Waals surface area contributed by atoms with Crippen LogP contribution in [0.1, 0.15) is 60.8 Å². The van der Waals surface area contributed by atoms with Crippen molar-refractivity contribution in [1.29, 1.82) is 0 Å². The molecule has 1 amide bonds. The highest BCUT2D eigenvalue weighted by molar-refractivity contribution is 5.74. The number of nitrogens with one attached hydrogen (secondary N) is 1. The molecule has 1 rings (SSSR count). The number of rotatable bonds is 5. The first-order valence-corrected chi connectivity index (χ1v) is 8.45. The summed E-state index contributed by atoms with van der Waals surface area (Å²) in [6.07, 6.45) is 0.620. The Bertz CT molecular complexity index is 431. The normalized spacial score (nSPS) is 25.5. The molecule has 0 aliphatic carbocycles. The summed E-state index contributed by atoms with van der Waals surface area (Å²) < 4.78 is 5.11. The van der Waals surface area contributed by atoms with Crippen molar-refractivity contribution in [2.75, 3.05) is 13.2 Å². The second-order valence-electron chi connectivity index (χ2n) is 7.71. The number of amides is 1.